The first-order chi connectivity index (χ1) is 9.48. The molecule has 20 heavy (non-hydrogen) atoms. The molecule has 1 saturated heterocycles. The van der Waals surface area contributed by atoms with Gasteiger partial charge in [-0.2, -0.15) is 0 Å². The molecule has 3 atom stereocenters. The zero-order chi connectivity index (χ0) is 14.6. The van der Waals surface area contributed by atoms with Gasteiger partial charge in [-0.25, -0.2) is 4.79 Å². The molecule has 0 aliphatic carbocycles. The summed E-state index contributed by atoms with van der Waals surface area (Å²) in [5.41, 5.74) is 0.620. The molecule has 1 aliphatic heterocycles. The Morgan fingerprint density at radius 2 is 2.15 bits per heavy atom. The molecule has 0 saturated carbocycles. The molecule has 1 heterocycles. The molecule has 0 spiro atoms. The lowest BCUT2D eigenvalue weighted by molar-refractivity contribution is -0.151. The van der Waals surface area contributed by atoms with Crippen LogP contribution < -0.4 is 0 Å². The lowest BCUT2D eigenvalue weighted by Gasteiger charge is -2.22. The van der Waals surface area contributed by atoms with Gasteiger partial charge in [0.1, 0.15) is 0 Å². The van der Waals surface area contributed by atoms with Crippen molar-refractivity contribution < 1.29 is 28.6 Å². The molecule has 0 amide bonds. The van der Waals surface area contributed by atoms with Gasteiger partial charge in [0.2, 0.25) is 0 Å². The number of rotatable bonds is 6. The lowest BCUT2D eigenvalue weighted by atomic mass is 10.1. The smallest absolute Gasteiger partial charge is 0.336 e. The monoisotopic (exact) mass is 300 g/mol. The molecule has 1 aromatic rings. The first kappa shape index (κ1) is 15.2. The van der Waals surface area contributed by atoms with Crippen molar-refractivity contribution in [3.8, 4) is 0 Å². The minimum absolute atomic E-state index is 0.218. The summed E-state index contributed by atoms with van der Waals surface area (Å²) >= 11 is 0. The number of ether oxygens (including phenoxy) is 1. The second-order valence-corrected chi connectivity index (χ2v) is 6.50. The molecule has 0 aromatic heterocycles. The van der Waals surface area contributed by atoms with E-state index in [0.717, 1.165) is 6.42 Å². The number of benzene rings is 1. The van der Waals surface area contributed by atoms with E-state index in [2.05, 4.69) is 0 Å². The second-order valence-electron chi connectivity index (χ2n) is 4.70. The summed E-state index contributed by atoms with van der Waals surface area (Å²) in [7, 11) is -4.04. The largest absolute Gasteiger partial charge is 0.479 e. The summed E-state index contributed by atoms with van der Waals surface area (Å²) in [6, 6.07) is 8.65. The molecule has 1 aliphatic rings. The van der Waals surface area contributed by atoms with E-state index in [0.29, 0.717) is 18.6 Å². The number of carboxylic acids is 1. The van der Waals surface area contributed by atoms with Crippen molar-refractivity contribution in [1.82, 2.24) is 0 Å². The number of hydrogen-bond acceptors (Lipinski definition) is 4. The summed E-state index contributed by atoms with van der Waals surface area (Å²) in [4.78, 5) is 21.0. The molecular weight excluding hydrogens is 283 g/mol. The summed E-state index contributed by atoms with van der Waals surface area (Å²) < 4.78 is 22.3. The van der Waals surface area contributed by atoms with Gasteiger partial charge < -0.3 is 14.7 Å². The Morgan fingerprint density at radius 1 is 1.45 bits per heavy atom. The fraction of sp³-hybridized carbons (Fsp3) is 0.462. The zero-order valence-corrected chi connectivity index (χ0v) is 11.7. The highest BCUT2D eigenvalue weighted by Crippen LogP contribution is 2.48. The van der Waals surface area contributed by atoms with Crippen LogP contribution in [0.3, 0.4) is 0 Å². The summed E-state index contributed by atoms with van der Waals surface area (Å²) in [6.45, 7) is 0.451. The SMILES string of the molecule is O=C(O)C(OP(=O)(O)Cc1ccccc1)C1CCCO1. The molecule has 1 aromatic carbocycles. The van der Waals surface area contributed by atoms with Crippen molar-refractivity contribution in [1.29, 1.82) is 0 Å². The van der Waals surface area contributed by atoms with E-state index >= 15 is 0 Å². The topological polar surface area (TPSA) is 93.1 Å². The van der Waals surface area contributed by atoms with Crippen LogP contribution in [0.4, 0.5) is 0 Å². The predicted octanol–water partition coefficient (Wildman–Crippen LogP) is 2.02. The molecule has 110 valence electrons. The summed E-state index contributed by atoms with van der Waals surface area (Å²) in [6.07, 6.45) is -1.04. The Morgan fingerprint density at radius 3 is 2.70 bits per heavy atom. The molecule has 1 fully saturated rings. The Bertz CT molecular complexity index is 497. The normalized spacial score (nSPS) is 23.1. The van der Waals surface area contributed by atoms with E-state index in [1.165, 1.54) is 0 Å². The average molecular weight is 300 g/mol. The van der Waals surface area contributed by atoms with Crippen LogP contribution in [0.15, 0.2) is 30.3 Å². The molecule has 2 N–H and O–H groups in total. The maximum Gasteiger partial charge on any atom is 0.336 e. The maximum absolute atomic E-state index is 12.1. The highest BCUT2D eigenvalue weighted by molar-refractivity contribution is 7.52. The third-order valence-corrected chi connectivity index (χ3v) is 4.37. The van der Waals surface area contributed by atoms with Gasteiger partial charge in [0, 0.05) is 6.61 Å². The first-order valence-electron chi connectivity index (χ1n) is 6.36. The van der Waals surface area contributed by atoms with Gasteiger partial charge in [0.05, 0.1) is 12.3 Å². The van der Waals surface area contributed by atoms with Crippen LogP contribution in [0.1, 0.15) is 18.4 Å². The minimum Gasteiger partial charge on any atom is -0.479 e. The van der Waals surface area contributed by atoms with Gasteiger partial charge in [-0.1, -0.05) is 30.3 Å². The Hall–Kier alpha value is -1.20. The number of aliphatic carboxylic acids is 1. The fourth-order valence-electron chi connectivity index (χ4n) is 2.14. The lowest BCUT2D eigenvalue weighted by Crippen LogP contribution is -2.35. The van der Waals surface area contributed by atoms with Crippen LogP contribution in [0.25, 0.3) is 0 Å². The molecular formula is C13H17O6P. The van der Waals surface area contributed by atoms with Gasteiger partial charge in [-0.05, 0) is 18.4 Å². The van der Waals surface area contributed by atoms with E-state index in [9.17, 15) is 14.3 Å². The van der Waals surface area contributed by atoms with Gasteiger partial charge in [-0.15, -0.1) is 0 Å². The van der Waals surface area contributed by atoms with Crippen LogP contribution in [-0.4, -0.2) is 34.8 Å². The van der Waals surface area contributed by atoms with Crippen molar-refractivity contribution in [2.45, 2.75) is 31.2 Å². The number of hydrogen-bond donors (Lipinski definition) is 2. The summed E-state index contributed by atoms with van der Waals surface area (Å²) in [5.74, 6) is -1.28. The third-order valence-electron chi connectivity index (χ3n) is 3.05. The highest BCUT2D eigenvalue weighted by atomic mass is 31.2. The van der Waals surface area contributed by atoms with Crippen LogP contribution in [0.2, 0.25) is 0 Å². The van der Waals surface area contributed by atoms with E-state index in [1.807, 2.05) is 0 Å². The van der Waals surface area contributed by atoms with E-state index in [4.69, 9.17) is 14.4 Å². The fourth-order valence-corrected chi connectivity index (χ4v) is 3.47. The quantitative estimate of drug-likeness (QED) is 0.781. The first-order valence-corrected chi connectivity index (χ1v) is 8.13. The van der Waals surface area contributed by atoms with Crippen molar-refractivity contribution in [2.24, 2.45) is 0 Å². The maximum atomic E-state index is 12.1. The van der Waals surface area contributed by atoms with Crippen molar-refractivity contribution in [3.05, 3.63) is 35.9 Å². The number of carbonyl (C=O) groups is 1. The number of carboxylic acid groups (broad SMARTS) is 1. The Kier molecular flexibility index (Phi) is 4.94. The molecule has 0 bridgehead atoms. The van der Waals surface area contributed by atoms with Crippen LogP contribution in [-0.2, 0) is 24.8 Å². The Labute approximate surface area is 116 Å². The van der Waals surface area contributed by atoms with Crippen LogP contribution in [0, 0.1) is 0 Å². The standard InChI is InChI=1S/C13H17O6P/c14-13(15)12(11-7-4-8-18-11)19-20(16,17)9-10-5-2-1-3-6-10/h1-3,5-6,11-12H,4,7-9H2,(H,14,15)(H,16,17). The average Bonchev–Trinajstić information content (AvgIpc) is 2.90. The van der Waals surface area contributed by atoms with Gasteiger partial charge >= 0.3 is 13.6 Å². The van der Waals surface area contributed by atoms with Gasteiger partial charge in [0.15, 0.2) is 6.10 Å². The van der Waals surface area contributed by atoms with Crippen molar-refractivity contribution in [2.75, 3.05) is 6.61 Å². The summed E-state index contributed by atoms with van der Waals surface area (Å²) in [5, 5.41) is 9.13. The zero-order valence-electron chi connectivity index (χ0n) is 10.8. The van der Waals surface area contributed by atoms with Gasteiger partial charge in [0.25, 0.3) is 0 Å². The third kappa shape index (κ3) is 4.15. The Balaban J connectivity index is 2.04. The molecule has 7 heteroatoms. The van der Waals surface area contributed by atoms with Crippen LogP contribution >= 0.6 is 7.60 Å². The predicted molar refractivity (Wildman–Crippen MR) is 71.5 cm³/mol. The molecule has 2 rings (SSSR count). The molecule has 3 unspecified atom stereocenters. The minimum atomic E-state index is -4.04. The van der Waals surface area contributed by atoms with Crippen molar-refractivity contribution in [3.63, 3.8) is 0 Å². The van der Waals surface area contributed by atoms with E-state index in [1.54, 1.807) is 30.3 Å². The van der Waals surface area contributed by atoms with Crippen molar-refractivity contribution >= 4 is 13.6 Å². The van der Waals surface area contributed by atoms with E-state index < -0.39 is 25.8 Å². The van der Waals surface area contributed by atoms with Crippen LogP contribution in [0.5, 0.6) is 0 Å². The highest BCUT2D eigenvalue weighted by Gasteiger charge is 2.38. The van der Waals surface area contributed by atoms with E-state index in [-0.39, 0.29) is 6.16 Å². The van der Waals surface area contributed by atoms with Gasteiger partial charge in [-0.3, -0.25) is 9.09 Å². The second kappa shape index (κ2) is 6.50. The molecule has 0 radical (unpaired) electrons. The molecule has 6 nitrogen and oxygen atoms in total.